The Balaban J connectivity index is 1.90. The zero-order chi connectivity index (χ0) is 14.7. The summed E-state index contributed by atoms with van der Waals surface area (Å²) in [4.78, 5) is 8.72. The molecule has 0 amide bonds. The molecule has 1 aliphatic heterocycles. The van der Waals surface area contributed by atoms with Crippen LogP contribution >= 0.6 is 0 Å². The van der Waals surface area contributed by atoms with E-state index in [0.29, 0.717) is 18.1 Å². The van der Waals surface area contributed by atoms with Gasteiger partial charge in [-0.2, -0.15) is 0 Å². The van der Waals surface area contributed by atoms with Gasteiger partial charge in [-0.1, -0.05) is 6.07 Å². The lowest BCUT2D eigenvalue weighted by Crippen LogP contribution is -2.20. The second-order valence-electron chi connectivity index (χ2n) is 4.74. The summed E-state index contributed by atoms with van der Waals surface area (Å²) in [5.74, 6) is 3.09. The first kappa shape index (κ1) is 13.5. The van der Waals surface area contributed by atoms with E-state index in [9.17, 15) is 0 Å². The van der Waals surface area contributed by atoms with E-state index in [-0.39, 0.29) is 0 Å². The Labute approximate surface area is 123 Å². The van der Waals surface area contributed by atoms with Crippen molar-refractivity contribution in [1.29, 1.82) is 0 Å². The molecule has 6 nitrogen and oxygen atoms in total. The molecule has 0 bridgehead atoms. The van der Waals surface area contributed by atoms with Gasteiger partial charge in [0.1, 0.15) is 18.3 Å². The molecule has 0 aliphatic carbocycles. The Hall–Kier alpha value is -2.50. The van der Waals surface area contributed by atoms with Crippen LogP contribution in [0.4, 0.5) is 0 Å². The van der Waals surface area contributed by atoms with Crippen LogP contribution in [0.5, 0.6) is 11.5 Å². The number of amidine groups is 1. The number of imidazole rings is 1. The molecule has 0 saturated carbocycles. The minimum Gasteiger partial charge on any atom is -0.493 e. The van der Waals surface area contributed by atoms with Crippen molar-refractivity contribution in [1.82, 2.24) is 14.9 Å². The fraction of sp³-hybridized carbons (Fsp3) is 0.333. The van der Waals surface area contributed by atoms with Gasteiger partial charge in [0.05, 0.1) is 19.2 Å². The van der Waals surface area contributed by atoms with Crippen molar-refractivity contribution in [2.75, 3.05) is 20.2 Å². The highest BCUT2D eigenvalue weighted by atomic mass is 16.5. The van der Waals surface area contributed by atoms with Crippen LogP contribution in [0.3, 0.4) is 0 Å². The number of para-hydroxylation sites is 1. The number of aromatic nitrogens is 2. The largest absolute Gasteiger partial charge is 0.493 e. The van der Waals surface area contributed by atoms with Gasteiger partial charge in [0.25, 0.3) is 0 Å². The number of rotatable bonds is 5. The third-order valence-corrected chi connectivity index (χ3v) is 3.39. The van der Waals surface area contributed by atoms with Gasteiger partial charge in [-0.25, -0.2) is 4.98 Å². The predicted octanol–water partition coefficient (Wildman–Crippen LogP) is 1.36. The van der Waals surface area contributed by atoms with Crippen molar-refractivity contribution in [3.05, 3.63) is 42.0 Å². The first-order chi connectivity index (χ1) is 10.3. The maximum absolute atomic E-state index is 5.97. The maximum Gasteiger partial charge on any atom is 0.172 e. The van der Waals surface area contributed by atoms with Gasteiger partial charge in [-0.15, -0.1) is 0 Å². The van der Waals surface area contributed by atoms with Crippen LogP contribution in [0, 0.1) is 0 Å². The highest BCUT2D eigenvalue weighted by Crippen LogP contribution is 2.32. The quantitative estimate of drug-likeness (QED) is 0.901. The molecule has 110 valence electrons. The number of benzene rings is 1. The summed E-state index contributed by atoms with van der Waals surface area (Å²) in [7, 11) is 3.58. The number of aliphatic imine (C=N–C) groups is 1. The summed E-state index contributed by atoms with van der Waals surface area (Å²) in [5, 5.41) is 3.26. The Morgan fingerprint density at radius 2 is 2.29 bits per heavy atom. The van der Waals surface area contributed by atoms with Crippen molar-refractivity contribution in [3.63, 3.8) is 0 Å². The molecule has 0 unspecified atom stereocenters. The van der Waals surface area contributed by atoms with Gasteiger partial charge < -0.3 is 19.4 Å². The summed E-state index contributed by atoms with van der Waals surface area (Å²) < 4.78 is 13.3. The lowest BCUT2D eigenvalue weighted by atomic mass is 10.1. The molecule has 0 saturated heterocycles. The lowest BCUT2D eigenvalue weighted by molar-refractivity contribution is 0.272. The van der Waals surface area contributed by atoms with Crippen LogP contribution in [-0.2, 0) is 13.7 Å². The van der Waals surface area contributed by atoms with Crippen LogP contribution < -0.4 is 14.8 Å². The van der Waals surface area contributed by atoms with Crippen LogP contribution in [0.15, 0.2) is 35.6 Å². The zero-order valence-electron chi connectivity index (χ0n) is 12.2. The van der Waals surface area contributed by atoms with E-state index >= 15 is 0 Å². The molecule has 1 N–H and O–H groups in total. The average molecular weight is 286 g/mol. The van der Waals surface area contributed by atoms with E-state index in [0.717, 1.165) is 30.3 Å². The standard InChI is InChI=1S/C15H18N4O2/c1-19-9-8-16-13(19)10-21-14-11(15-17-6-7-18-15)4-3-5-12(14)20-2/h3-5,8-9H,6-7,10H2,1-2H3,(H,17,18). The van der Waals surface area contributed by atoms with E-state index in [4.69, 9.17) is 9.47 Å². The molecule has 2 heterocycles. The molecule has 0 atom stereocenters. The van der Waals surface area contributed by atoms with Gasteiger partial charge in [0.15, 0.2) is 11.5 Å². The maximum atomic E-state index is 5.97. The van der Waals surface area contributed by atoms with Crippen LogP contribution in [0.25, 0.3) is 0 Å². The molecule has 0 fully saturated rings. The first-order valence-electron chi connectivity index (χ1n) is 6.84. The molecule has 0 radical (unpaired) electrons. The summed E-state index contributed by atoms with van der Waals surface area (Å²) in [5.41, 5.74) is 0.918. The number of hydrogen-bond donors (Lipinski definition) is 1. The third kappa shape index (κ3) is 2.69. The van der Waals surface area contributed by atoms with E-state index in [1.54, 1.807) is 13.3 Å². The Kier molecular flexibility index (Phi) is 3.77. The molecule has 21 heavy (non-hydrogen) atoms. The number of aryl methyl sites for hydroxylation is 1. The minimum absolute atomic E-state index is 0.379. The van der Waals surface area contributed by atoms with E-state index in [1.165, 1.54) is 0 Å². The number of nitrogens with zero attached hydrogens (tertiary/aromatic N) is 3. The Bertz CT molecular complexity index is 663. The molecule has 3 rings (SSSR count). The molecule has 1 aromatic carbocycles. The van der Waals surface area contributed by atoms with E-state index < -0.39 is 0 Å². The van der Waals surface area contributed by atoms with Crippen molar-refractivity contribution in [2.45, 2.75) is 6.61 Å². The van der Waals surface area contributed by atoms with Gasteiger partial charge in [-0.05, 0) is 12.1 Å². The molecular formula is C15H18N4O2. The normalized spacial score (nSPS) is 13.7. The van der Waals surface area contributed by atoms with Crippen LogP contribution in [0.1, 0.15) is 11.4 Å². The van der Waals surface area contributed by atoms with Gasteiger partial charge >= 0.3 is 0 Å². The average Bonchev–Trinajstić information content (AvgIpc) is 3.16. The molecule has 0 spiro atoms. The minimum atomic E-state index is 0.379. The van der Waals surface area contributed by atoms with E-state index in [1.807, 2.05) is 36.0 Å². The van der Waals surface area contributed by atoms with Crippen LogP contribution in [-0.4, -0.2) is 35.6 Å². The molecule has 2 aromatic rings. The highest BCUT2D eigenvalue weighted by molar-refractivity contribution is 6.02. The summed E-state index contributed by atoms with van der Waals surface area (Å²) in [6.45, 7) is 2.01. The molecule has 1 aliphatic rings. The monoisotopic (exact) mass is 286 g/mol. The summed E-state index contributed by atoms with van der Waals surface area (Å²) in [6, 6.07) is 5.80. The summed E-state index contributed by atoms with van der Waals surface area (Å²) in [6.07, 6.45) is 3.65. The first-order valence-corrected chi connectivity index (χ1v) is 6.84. The lowest BCUT2D eigenvalue weighted by Gasteiger charge is -2.15. The molecule has 6 heteroatoms. The van der Waals surface area contributed by atoms with Crippen molar-refractivity contribution in [3.8, 4) is 11.5 Å². The Morgan fingerprint density at radius 1 is 1.38 bits per heavy atom. The topological polar surface area (TPSA) is 60.7 Å². The SMILES string of the molecule is COc1cccc(C2=NCCN2)c1OCc1nccn1C. The van der Waals surface area contributed by atoms with Gasteiger partial charge in [0, 0.05) is 26.0 Å². The predicted molar refractivity (Wildman–Crippen MR) is 79.9 cm³/mol. The van der Waals surface area contributed by atoms with Crippen molar-refractivity contribution < 1.29 is 9.47 Å². The smallest absolute Gasteiger partial charge is 0.172 e. The van der Waals surface area contributed by atoms with Crippen LogP contribution in [0.2, 0.25) is 0 Å². The van der Waals surface area contributed by atoms with Gasteiger partial charge in [-0.3, -0.25) is 4.99 Å². The Morgan fingerprint density at radius 3 is 2.95 bits per heavy atom. The number of ether oxygens (including phenoxy) is 2. The van der Waals surface area contributed by atoms with Gasteiger partial charge in [0.2, 0.25) is 0 Å². The second-order valence-corrected chi connectivity index (χ2v) is 4.74. The zero-order valence-corrected chi connectivity index (χ0v) is 12.2. The summed E-state index contributed by atoms with van der Waals surface area (Å²) >= 11 is 0. The van der Waals surface area contributed by atoms with Crippen molar-refractivity contribution in [2.24, 2.45) is 12.0 Å². The second kappa shape index (κ2) is 5.87. The fourth-order valence-electron chi connectivity index (χ4n) is 2.26. The fourth-order valence-corrected chi connectivity index (χ4v) is 2.26. The third-order valence-electron chi connectivity index (χ3n) is 3.39. The van der Waals surface area contributed by atoms with Crippen molar-refractivity contribution >= 4 is 5.84 Å². The number of nitrogens with one attached hydrogen (secondary N) is 1. The van der Waals surface area contributed by atoms with E-state index in [2.05, 4.69) is 15.3 Å². The molecule has 1 aromatic heterocycles. The highest BCUT2D eigenvalue weighted by Gasteiger charge is 2.18. The molecular weight excluding hydrogens is 268 g/mol. The number of hydrogen-bond acceptors (Lipinski definition) is 5. The number of methoxy groups -OCH3 is 1.